The Kier molecular flexibility index (Phi) is 6.50. The van der Waals surface area contributed by atoms with E-state index in [4.69, 9.17) is 14.5 Å². The van der Waals surface area contributed by atoms with E-state index in [1.807, 2.05) is 31.2 Å². The lowest BCUT2D eigenvalue weighted by Crippen LogP contribution is -2.47. The molecule has 146 valence electrons. The molecule has 1 fully saturated rings. The highest BCUT2D eigenvalue weighted by molar-refractivity contribution is 5.40. The normalized spacial score (nSPS) is 15.2. The number of nitrogens with zero attached hydrogens (tertiary/aromatic N) is 4. The molecule has 0 radical (unpaired) electrons. The van der Waals surface area contributed by atoms with Gasteiger partial charge in [0, 0.05) is 50.4 Å². The minimum absolute atomic E-state index is 0.347. The molecule has 0 saturated carbocycles. The Labute approximate surface area is 162 Å². The van der Waals surface area contributed by atoms with Gasteiger partial charge in [-0.05, 0) is 31.2 Å². The molecule has 2 heterocycles. The summed E-state index contributed by atoms with van der Waals surface area (Å²) in [4.78, 5) is 14.1. The van der Waals surface area contributed by atoms with Crippen molar-refractivity contribution >= 4 is 5.82 Å². The summed E-state index contributed by atoms with van der Waals surface area (Å²) >= 11 is 0. The molecule has 6 heteroatoms. The van der Waals surface area contributed by atoms with E-state index in [-0.39, 0.29) is 0 Å². The summed E-state index contributed by atoms with van der Waals surface area (Å²) < 4.78 is 11.0. The zero-order valence-corrected chi connectivity index (χ0v) is 16.8. The van der Waals surface area contributed by atoms with Crippen LogP contribution in [0.2, 0.25) is 0 Å². The van der Waals surface area contributed by atoms with E-state index in [0.717, 1.165) is 61.6 Å². The van der Waals surface area contributed by atoms with Gasteiger partial charge in [0.15, 0.2) is 0 Å². The van der Waals surface area contributed by atoms with Gasteiger partial charge in [0.1, 0.15) is 29.7 Å². The van der Waals surface area contributed by atoms with Crippen molar-refractivity contribution in [3.05, 3.63) is 41.9 Å². The Hall–Kier alpha value is -2.34. The van der Waals surface area contributed by atoms with Crippen molar-refractivity contribution in [3.63, 3.8) is 0 Å². The quantitative estimate of drug-likeness (QED) is 0.746. The van der Waals surface area contributed by atoms with Gasteiger partial charge in [-0.3, -0.25) is 4.90 Å². The highest BCUT2D eigenvalue weighted by Crippen LogP contribution is 2.19. The van der Waals surface area contributed by atoms with Crippen molar-refractivity contribution in [3.8, 4) is 11.5 Å². The van der Waals surface area contributed by atoms with Crippen LogP contribution >= 0.6 is 0 Å². The smallest absolute Gasteiger partial charge is 0.133 e. The Morgan fingerprint density at radius 1 is 1.00 bits per heavy atom. The number of ether oxygens (including phenoxy) is 2. The molecule has 1 aromatic carbocycles. The minimum Gasteiger partial charge on any atom is -0.497 e. The summed E-state index contributed by atoms with van der Waals surface area (Å²) in [5.41, 5.74) is 1.04. The Bertz CT molecular complexity index is 725. The molecule has 2 aromatic rings. The fourth-order valence-electron chi connectivity index (χ4n) is 3.16. The predicted molar refractivity (Wildman–Crippen MR) is 108 cm³/mol. The first-order chi connectivity index (χ1) is 13.0. The monoisotopic (exact) mass is 370 g/mol. The Morgan fingerprint density at radius 3 is 2.30 bits per heavy atom. The number of anilines is 1. The van der Waals surface area contributed by atoms with E-state index < -0.39 is 0 Å². The number of aryl methyl sites for hydroxylation is 1. The van der Waals surface area contributed by atoms with Crippen molar-refractivity contribution in [2.45, 2.75) is 26.7 Å². The molecule has 1 aliphatic heterocycles. The molecule has 1 aromatic heterocycles. The number of hydrogen-bond acceptors (Lipinski definition) is 6. The lowest BCUT2D eigenvalue weighted by molar-refractivity contribution is 0.200. The lowest BCUT2D eigenvalue weighted by atomic mass is 10.2. The first kappa shape index (κ1) is 19.4. The van der Waals surface area contributed by atoms with Crippen LogP contribution in [0.15, 0.2) is 30.3 Å². The van der Waals surface area contributed by atoms with Crippen molar-refractivity contribution in [2.75, 3.05) is 51.3 Å². The van der Waals surface area contributed by atoms with Crippen LogP contribution in [0, 0.1) is 6.92 Å². The van der Waals surface area contributed by atoms with Crippen molar-refractivity contribution in [1.29, 1.82) is 0 Å². The first-order valence-corrected chi connectivity index (χ1v) is 9.65. The second-order valence-corrected chi connectivity index (χ2v) is 7.23. The van der Waals surface area contributed by atoms with Gasteiger partial charge in [-0.1, -0.05) is 13.8 Å². The molecular weight excluding hydrogens is 340 g/mol. The van der Waals surface area contributed by atoms with E-state index >= 15 is 0 Å². The second-order valence-electron chi connectivity index (χ2n) is 7.23. The summed E-state index contributed by atoms with van der Waals surface area (Å²) in [7, 11) is 1.67. The second kappa shape index (κ2) is 9.04. The van der Waals surface area contributed by atoms with Gasteiger partial charge < -0.3 is 14.4 Å². The molecule has 1 aliphatic rings. The third-order valence-corrected chi connectivity index (χ3v) is 4.81. The third-order valence-electron chi connectivity index (χ3n) is 4.81. The topological polar surface area (TPSA) is 50.7 Å². The van der Waals surface area contributed by atoms with Gasteiger partial charge in [-0.15, -0.1) is 0 Å². The zero-order valence-electron chi connectivity index (χ0n) is 16.8. The lowest BCUT2D eigenvalue weighted by Gasteiger charge is -2.35. The molecule has 0 amide bonds. The van der Waals surface area contributed by atoms with E-state index in [1.165, 1.54) is 0 Å². The van der Waals surface area contributed by atoms with Crippen LogP contribution in [0.25, 0.3) is 0 Å². The van der Waals surface area contributed by atoms with Crippen LogP contribution in [-0.4, -0.2) is 61.3 Å². The average molecular weight is 370 g/mol. The van der Waals surface area contributed by atoms with Gasteiger partial charge in [0.25, 0.3) is 0 Å². The molecule has 1 saturated heterocycles. The van der Waals surface area contributed by atoms with Gasteiger partial charge in [0.2, 0.25) is 0 Å². The van der Waals surface area contributed by atoms with Crippen LogP contribution in [0.3, 0.4) is 0 Å². The summed E-state index contributed by atoms with van der Waals surface area (Å²) in [6.45, 7) is 11.9. The summed E-state index contributed by atoms with van der Waals surface area (Å²) in [6, 6.07) is 9.82. The molecule has 0 spiro atoms. The van der Waals surface area contributed by atoms with Crippen molar-refractivity contribution < 1.29 is 9.47 Å². The summed E-state index contributed by atoms with van der Waals surface area (Å²) in [5.74, 6) is 4.06. The standard InChI is InChI=1S/C21H30N4O2/c1-16(2)21-22-17(3)15-20(23-21)25-11-9-24(10-12-25)13-14-27-19-7-5-18(26-4)6-8-19/h5-8,15-16H,9-14H2,1-4H3. The zero-order chi connectivity index (χ0) is 19.2. The molecule has 27 heavy (non-hydrogen) atoms. The molecule has 0 atom stereocenters. The highest BCUT2D eigenvalue weighted by atomic mass is 16.5. The number of benzene rings is 1. The van der Waals surface area contributed by atoms with Crippen LogP contribution in [0.4, 0.5) is 5.82 Å². The number of hydrogen-bond donors (Lipinski definition) is 0. The van der Waals surface area contributed by atoms with Gasteiger partial charge in [-0.25, -0.2) is 9.97 Å². The maximum atomic E-state index is 5.85. The van der Waals surface area contributed by atoms with Gasteiger partial charge >= 0.3 is 0 Å². The van der Waals surface area contributed by atoms with Crippen molar-refractivity contribution in [1.82, 2.24) is 14.9 Å². The summed E-state index contributed by atoms with van der Waals surface area (Å²) in [6.07, 6.45) is 0. The van der Waals surface area contributed by atoms with E-state index in [0.29, 0.717) is 12.5 Å². The molecule has 0 bridgehead atoms. The van der Waals surface area contributed by atoms with Crippen LogP contribution in [0.5, 0.6) is 11.5 Å². The molecular formula is C21H30N4O2. The SMILES string of the molecule is COc1ccc(OCCN2CCN(c3cc(C)nc(C(C)C)n3)CC2)cc1. The maximum Gasteiger partial charge on any atom is 0.133 e. The molecule has 0 unspecified atom stereocenters. The van der Waals surface area contributed by atoms with E-state index in [2.05, 4.69) is 34.7 Å². The molecule has 6 nitrogen and oxygen atoms in total. The molecule has 3 rings (SSSR count). The van der Waals surface area contributed by atoms with Crippen molar-refractivity contribution in [2.24, 2.45) is 0 Å². The third kappa shape index (κ3) is 5.32. The molecule has 0 N–H and O–H groups in total. The van der Waals surface area contributed by atoms with Gasteiger partial charge in [0.05, 0.1) is 7.11 Å². The van der Waals surface area contributed by atoms with Gasteiger partial charge in [-0.2, -0.15) is 0 Å². The fourth-order valence-corrected chi connectivity index (χ4v) is 3.16. The number of rotatable bonds is 7. The Morgan fingerprint density at radius 2 is 1.67 bits per heavy atom. The maximum absolute atomic E-state index is 5.85. The number of aromatic nitrogens is 2. The average Bonchev–Trinajstić information content (AvgIpc) is 2.68. The van der Waals surface area contributed by atoms with Crippen LogP contribution in [-0.2, 0) is 0 Å². The van der Waals surface area contributed by atoms with E-state index in [1.54, 1.807) is 7.11 Å². The van der Waals surface area contributed by atoms with Crippen LogP contribution in [0.1, 0.15) is 31.3 Å². The number of methoxy groups -OCH3 is 1. The van der Waals surface area contributed by atoms with E-state index in [9.17, 15) is 0 Å². The van der Waals surface area contributed by atoms with Crippen LogP contribution < -0.4 is 14.4 Å². The summed E-state index contributed by atoms with van der Waals surface area (Å²) in [5, 5.41) is 0. The highest BCUT2D eigenvalue weighted by Gasteiger charge is 2.19. The Balaban J connectivity index is 1.46. The largest absolute Gasteiger partial charge is 0.497 e. The molecule has 0 aliphatic carbocycles. The first-order valence-electron chi connectivity index (χ1n) is 9.65. The number of piperazine rings is 1. The fraction of sp³-hybridized carbons (Fsp3) is 0.524. The minimum atomic E-state index is 0.347. The predicted octanol–water partition coefficient (Wildman–Crippen LogP) is 3.12.